The molecule has 46 heavy (non-hydrogen) atoms. The summed E-state index contributed by atoms with van der Waals surface area (Å²) in [4.78, 5) is 1.53. The van der Waals surface area contributed by atoms with Gasteiger partial charge in [0.25, 0.3) is 0 Å². The van der Waals surface area contributed by atoms with Crippen LogP contribution in [-0.4, -0.2) is 0 Å². The van der Waals surface area contributed by atoms with Gasteiger partial charge >= 0.3 is 0 Å². The van der Waals surface area contributed by atoms with E-state index in [1.807, 2.05) is 54.6 Å². The second kappa shape index (κ2) is 10.8. The van der Waals surface area contributed by atoms with Gasteiger partial charge in [0.05, 0.1) is 19.2 Å². The van der Waals surface area contributed by atoms with E-state index in [9.17, 15) is 2.74 Å². The number of fused-ring (bicyclic) bond motifs is 5. The number of anilines is 3. The van der Waals surface area contributed by atoms with Gasteiger partial charge in [-0.25, -0.2) is 0 Å². The second-order valence-corrected chi connectivity index (χ2v) is 10.7. The van der Waals surface area contributed by atoms with Gasteiger partial charge < -0.3 is 9.32 Å². The van der Waals surface area contributed by atoms with Crippen LogP contribution in [0.1, 0.15) is 19.2 Å². The first-order chi connectivity index (χ1) is 28.6. The van der Waals surface area contributed by atoms with E-state index in [-0.39, 0.29) is 38.4 Å². The van der Waals surface area contributed by atoms with E-state index in [0.29, 0.717) is 28.1 Å². The van der Waals surface area contributed by atoms with Gasteiger partial charge in [0, 0.05) is 33.4 Å². The number of para-hydroxylation sites is 2. The molecule has 1 aromatic heterocycles. The van der Waals surface area contributed by atoms with Gasteiger partial charge in [0.15, 0.2) is 0 Å². The Labute approximate surface area is 287 Å². The summed E-state index contributed by atoms with van der Waals surface area (Å²) in [6.45, 7) is 0. The van der Waals surface area contributed by atoms with Crippen LogP contribution < -0.4 is 4.90 Å². The Hall–Kier alpha value is -6.12. The molecule has 0 saturated carbocycles. The van der Waals surface area contributed by atoms with Crippen molar-refractivity contribution in [2.45, 2.75) is 0 Å². The molecule has 1 heterocycles. The van der Waals surface area contributed by atoms with Crippen LogP contribution in [0.2, 0.25) is 0 Å². The van der Waals surface area contributed by atoms with E-state index in [1.54, 1.807) is 36.4 Å². The zero-order valence-corrected chi connectivity index (χ0v) is 24.0. The first-order valence-corrected chi connectivity index (χ1v) is 14.5. The van der Waals surface area contributed by atoms with Crippen molar-refractivity contribution in [3.8, 4) is 22.3 Å². The molecule has 0 amide bonds. The summed E-state index contributed by atoms with van der Waals surface area (Å²) in [5, 5.41) is 1.05. The molecule has 0 aliphatic carbocycles. The Morgan fingerprint density at radius 2 is 1.22 bits per heavy atom. The lowest BCUT2D eigenvalue weighted by atomic mass is 9.98. The molecule has 216 valence electrons. The summed E-state index contributed by atoms with van der Waals surface area (Å²) < 4.78 is 128. The Balaban J connectivity index is 1.31. The highest BCUT2D eigenvalue weighted by molar-refractivity contribution is 6.09. The molecule has 0 unspecified atom stereocenters. The maximum Gasteiger partial charge on any atom is 0.143 e. The standard InChI is InChI=1S/C44H29NO/c1-2-12-33-28-37(27-22-30(33)10-1)45(35-25-23-32(24-26-35)39-18-8-13-31-11-3-4-16-38(31)39)36-15-7-14-34(29-36)40-19-9-20-42-41-17-5-6-21-43(41)46-44(40)42/h1-29H/i1D,2D,3D,4D,8D,10D,11D,12D,13D,16D,18D,22D,27D,28D. The molecular weight excluding hydrogens is 558 g/mol. The van der Waals surface area contributed by atoms with Crippen molar-refractivity contribution < 1.29 is 23.6 Å². The fourth-order valence-corrected chi connectivity index (χ4v) is 5.88. The molecule has 0 saturated heterocycles. The third-order valence-electron chi connectivity index (χ3n) is 8.01. The number of benzene rings is 8. The highest BCUT2D eigenvalue weighted by Gasteiger charge is 2.17. The highest BCUT2D eigenvalue weighted by atomic mass is 16.3. The van der Waals surface area contributed by atoms with Crippen molar-refractivity contribution in [1.29, 1.82) is 0 Å². The Bertz CT molecular complexity index is 3320. The van der Waals surface area contributed by atoms with Gasteiger partial charge in [-0.05, 0) is 80.7 Å². The molecule has 0 aliphatic rings. The zero-order valence-electron chi connectivity index (χ0n) is 38.0. The Morgan fingerprint density at radius 1 is 0.457 bits per heavy atom. The average Bonchev–Trinajstić information content (AvgIpc) is 3.64. The smallest absolute Gasteiger partial charge is 0.143 e. The van der Waals surface area contributed by atoms with Crippen LogP contribution in [0.4, 0.5) is 17.1 Å². The Morgan fingerprint density at radius 3 is 2.13 bits per heavy atom. The van der Waals surface area contributed by atoms with Crippen LogP contribution in [0.5, 0.6) is 0 Å². The highest BCUT2D eigenvalue weighted by Crippen LogP contribution is 2.41. The molecule has 0 fully saturated rings. The Kier molecular flexibility index (Phi) is 3.70. The largest absolute Gasteiger partial charge is 0.455 e. The van der Waals surface area contributed by atoms with Gasteiger partial charge in [-0.15, -0.1) is 0 Å². The summed E-state index contributed by atoms with van der Waals surface area (Å²) in [6, 6.07) is 19.7. The van der Waals surface area contributed by atoms with E-state index in [0.717, 1.165) is 16.3 Å². The molecule has 0 aliphatic heterocycles. The summed E-state index contributed by atoms with van der Waals surface area (Å²) >= 11 is 0. The fraction of sp³-hybridized carbons (Fsp3) is 0. The molecule has 0 radical (unpaired) electrons. The summed E-state index contributed by atoms with van der Waals surface area (Å²) in [5.74, 6) is 0. The van der Waals surface area contributed by atoms with Gasteiger partial charge in [-0.1, -0.05) is 133 Å². The predicted octanol–water partition coefficient (Wildman–Crippen LogP) is 12.7. The van der Waals surface area contributed by atoms with Crippen LogP contribution in [-0.2, 0) is 0 Å². The maximum atomic E-state index is 9.48. The van der Waals surface area contributed by atoms with Crippen LogP contribution in [0.15, 0.2) is 180 Å². The first-order valence-electron chi connectivity index (χ1n) is 21.5. The molecule has 0 bridgehead atoms. The molecular formula is C44H29NO. The quantitative estimate of drug-likeness (QED) is 0.195. The van der Waals surface area contributed by atoms with Crippen molar-refractivity contribution in [1.82, 2.24) is 0 Å². The molecule has 0 spiro atoms. The predicted molar refractivity (Wildman–Crippen MR) is 194 cm³/mol. The van der Waals surface area contributed by atoms with Gasteiger partial charge in [-0.3, -0.25) is 0 Å². The number of nitrogens with zero attached hydrogens (tertiary/aromatic N) is 1. The van der Waals surface area contributed by atoms with E-state index in [2.05, 4.69) is 0 Å². The summed E-state index contributed by atoms with van der Waals surface area (Å²) in [5.41, 5.74) is 3.64. The minimum Gasteiger partial charge on any atom is -0.455 e. The number of furan rings is 1. The summed E-state index contributed by atoms with van der Waals surface area (Å²) in [7, 11) is 0. The second-order valence-electron chi connectivity index (χ2n) is 10.7. The van der Waals surface area contributed by atoms with Gasteiger partial charge in [0.1, 0.15) is 11.2 Å². The van der Waals surface area contributed by atoms with Crippen molar-refractivity contribution in [2.24, 2.45) is 0 Å². The molecule has 9 rings (SSSR count). The molecule has 2 nitrogen and oxygen atoms in total. The fourth-order valence-electron chi connectivity index (χ4n) is 5.88. The number of rotatable bonds is 5. The SMILES string of the molecule is [2H]c1c([2H])c([2H])c2c([2H])c(N(c3ccc(-c4c([2H])c([2H])c([2H])c5c([2H])c([2H])c([2H])c([2H])c45)cc3)c3cccc(-c4cccc5c4oc4ccccc45)c3)c([2H])c([2H])c2c1[2H]. The molecule has 2 heteroatoms. The van der Waals surface area contributed by atoms with Gasteiger partial charge in [-0.2, -0.15) is 0 Å². The molecule has 0 atom stereocenters. The molecule has 8 aromatic carbocycles. The van der Waals surface area contributed by atoms with Crippen molar-refractivity contribution in [3.05, 3.63) is 176 Å². The average molecular weight is 602 g/mol. The van der Waals surface area contributed by atoms with E-state index in [1.165, 1.54) is 4.90 Å². The van der Waals surface area contributed by atoms with E-state index >= 15 is 0 Å². The third kappa shape index (κ3) is 4.43. The zero-order chi connectivity index (χ0) is 42.6. The van der Waals surface area contributed by atoms with Crippen LogP contribution in [0.25, 0.3) is 65.7 Å². The van der Waals surface area contributed by atoms with Gasteiger partial charge in [0.2, 0.25) is 0 Å². The number of hydrogen-bond acceptors (Lipinski definition) is 2. The van der Waals surface area contributed by atoms with Crippen molar-refractivity contribution in [3.63, 3.8) is 0 Å². The maximum absolute atomic E-state index is 9.48. The lowest BCUT2D eigenvalue weighted by Gasteiger charge is -2.26. The molecule has 9 aromatic rings. The van der Waals surface area contributed by atoms with Crippen molar-refractivity contribution >= 4 is 60.5 Å². The van der Waals surface area contributed by atoms with E-state index < -0.39 is 84.6 Å². The lowest BCUT2D eigenvalue weighted by Crippen LogP contribution is -2.10. The first kappa shape index (κ1) is 15.7. The normalized spacial score (nSPS) is 15.7. The van der Waals surface area contributed by atoms with Crippen LogP contribution >= 0.6 is 0 Å². The minimum absolute atomic E-state index is 0.00883. The minimum atomic E-state index is -0.593. The third-order valence-corrected chi connectivity index (χ3v) is 8.01. The van der Waals surface area contributed by atoms with Crippen molar-refractivity contribution in [2.75, 3.05) is 4.90 Å². The summed E-state index contributed by atoms with van der Waals surface area (Å²) in [6.07, 6.45) is 0. The van der Waals surface area contributed by atoms with Crippen LogP contribution in [0, 0.1) is 0 Å². The molecule has 0 N–H and O–H groups in total. The van der Waals surface area contributed by atoms with Crippen LogP contribution in [0.3, 0.4) is 0 Å². The lowest BCUT2D eigenvalue weighted by molar-refractivity contribution is 0.670. The van der Waals surface area contributed by atoms with E-state index in [4.69, 9.17) is 20.9 Å². The topological polar surface area (TPSA) is 16.4 Å². The number of hydrogen-bond donors (Lipinski definition) is 0. The monoisotopic (exact) mass is 601 g/mol.